The molecule has 0 saturated heterocycles. The third kappa shape index (κ3) is 8.14. The van der Waals surface area contributed by atoms with Crippen LogP contribution in [-0.2, 0) is 4.79 Å². The van der Waals surface area contributed by atoms with Crippen LogP contribution in [0.2, 0.25) is 0 Å². The van der Waals surface area contributed by atoms with Crippen LogP contribution in [0.25, 0.3) is 0 Å². The quantitative estimate of drug-likeness (QED) is 0.688. The van der Waals surface area contributed by atoms with E-state index in [1.807, 2.05) is 6.92 Å². The summed E-state index contributed by atoms with van der Waals surface area (Å²) in [5.74, 6) is 0.163. The molecule has 0 aromatic carbocycles. The molecule has 0 radical (unpaired) electrons. The first-order valence-corrected chi connectivity index (χ1v) is 8.65. The van der Waals surface area contributed by atoms with Crippen molar-refractivity contribution in [2.24, 2.45) is 17.1 Å². The first kappa shape index (κ1) is 21.4. The first-order valence-electron chi connectivity index (χ1n) is 8.65. The predicted octanol–water partition coefficient (Wildman–Crippen LogP) is 3.01. The maximum Gasteiger partial charge on any atom is 0.237 e. The van der Waals surface area contributed by atoms with Crippen LogP contribution in [0, 0.1) is 11.3 Å². The molecule has 3 N–H and O–H groups in total. The van der Waals surface area contributed by atoms with Gasteiger partial charge in [-0.25, -0.2) is 0 Å². The zero-order valence-corrected chi connectivity index (χ0v) is 16.1. The van der Waals surface area contributed by atoms with Crippen molar-refractivity contribution < 1.29 is 4.79 Å². The number of likely N-dealkylation sites (N-methyl/N-ethyl adjacent to an activating group) is 1. The van der Waals surface area contributed by atoms with E-state index in [0.717, 1.165) is 19.4 Å². The highest BCUT2D eigenvalue weighted by Crippen LogP contribution is 2.26. The Morgan fingerprint density at radius 1 is 1.18 bits per heavy atom. The number of rotatable bonds is 9. The molecule has 0 heterocycles. The number of nitrogens with two attached hydrogens (primary N) is 1. The standard InChI is InChI=1S/C18H39N3O/c1-9-20-16(22)15(19)14(2)10-11-18(6,7)21(8)13-12-17(3,4)5/h14-15H,9-13,19H2,1-8H3,(H,20,22). The molecule has 0 aromatic heterocycles. The van der Waals surface area contributed by atoms with Crippen LogP contribution < -0.4 is 11.1 Å². The Hall–Kier alpha value is -0.610. The summed E-state index contributed by atoms with van der Waals surface area (Å²) in [6, 6.07) is -0.407. The number of amides is 1. The molecule has 0 aliphatic heterocycles. The van der Waals surface area contributed by atoms with Crippen molar-refractivity contribution in [3.8, 4) is 0 Å². The number of hydrogen-bond donors (Lipinski definition) is 2. The summed E-state index contributed by atoms with van der Waals surface area (Å²) in [6.45, 7) is 17.1. The van der Waals surface area contributed by atoms with Crippen molar-refractivity contribution in [2.45, 2.75) is 79.3 Å². The monoisotopic (exact) mass is 313 g/mol. The van der Waals surface area contributed by atoms with Gasteiger partial charge in [0.25, 0.3) is 0 Å². The fourth-order valence-corrected chi connectivity index (χ4v) is 2.31. The van der Waals surface area contributed by atoms with Gasteiger partial charge in [-0.1, -0.05) is 27.7 Å². The van der Waals surface area contributed by atoms with Crippen molar-refractivity contribution in [3.63, 3.8) is 0 Å². The normalized spacial score (nSPS) is 15.7. The van der Waals surface area contributed by atoms with Crippen LogP contribution in [0.15, 0.2) is 0 Å². The van der Waals surface area contributed by atoms with Gasteiger partial charge in [-0.05, 0) is 65.0 Å². The van der Waals surface area contributed by atoms with Gasteiger partial charge in [0.05, 0.1) is 6.04 Å². The summed E-state index contributed by atoms with van der Waals surface area (Å²) in [5, 5.41) is 2.81. The van der Waals surface area contributed by atoms with E-state index in [2.05, 4.69) is 58.8 Å². The summed E-state index contributed by atoms with van der Waals surface area (Å²) in [6.07, 6.45) is 3.19. The third-order valence-electron chi connectivity index (χ3n) is 4.71. The van der Waals surface area contributed by atoms with E-state index in [4.69, 9.17) is 5.73 Å². The van der Waals surface area contributed by atoms with Gasteiger partial charge in [0, 0.05) is 12.1 Å². The van der Waals surface area contributed by atoms with Gasteiger partial charge >= 0.3 is 0 Å². The van der Waals surface area contributed by atoms with Crippen LogP contribution in [0.3, 0.4) is 0 Å². The highest BCUT2D eigenvalue weighted by molar-refractivity contribution is 5.81. The molecule has 0 saturated carbocycles. The zero-order valence-electron chi connectivity index (χ0n) is 16.1. The van der Waals surface area contributed by atoms with Gasteiger partial charge in [0.1, 0.15) is 0 Å². The van der Waals surface area contributed by atoms with Crippen LogP contribution in [0.1, 0.15) is 67.7 Å². The van der Waals surface area contributed by atoms with Gasteiger partial charge in [-0.3, -0.25) is 4.79 Å². The molecule has 0 aromatic rings. The Labute approximate surface area is 138 Å². The molecule has 0 fully saturated rings. The fraction of sp³-hybridized carbons (Fsp3) is 0.944. The Morgan fingerprint density at radius 3 is 2.18 bits per heavy atom. The summed E-state index contributed by atoms with van der Waals surface area (Å²) < 4.78 is 0. The molecular weight excluding hydrogens is 274 g/mol. The minimum Gasteiger partial charge on any atom is -0.355 e. The second-order valence-corrected chi connectivity index (χ2v) is 8.48. The highest BCUT2D eigenvalue weighted by atomic mass is 16.2. The van der Waals surface area contributed by atoms with Crippen molar-refractivity contribution in [2.75, 3.05) is 20.1 Å². The number of hydrogen-bond acceptors (Lipinski definition) is 3. The molecule has 2 unspecified atom stereocenters. The Morgan fingerprint density at radius 2 is 1.73 bits per heavy atom. The Kier molecular flexibility index (Phi) is 8.63. The van der Waals surface area contributed by atoms with Crippen molar-refractivity contribution >= 4 is 5.91 Å². The van der Waals surface area contributed by atoms with Crippen LogP contribution >= 0.6 is 0 Å². The van der Waals surface area contributed by atoms with Crippen molar-refractivity contribution in [3.05, 3.63) is 0 Å². The summed E-state index contributed by atoms with van der Waals surface area (Å²) in [7, 11) is 2.19. The van der Waals surface area contributed by atoms with Crippen LogP contribution in [0.4, 0.5) is 0 Å². The van der Waals surface area contributed by atoms with Crippen molar-refractivity contribution in [1.82, 2.24) is 10.2 Å². The molecular formula is C18H39N3O. The maximum atomic E-state index is 11.8. The molecule has 0 rings (SSSR count). The molecule has 132 valence electrons. The summed E-state index contributed by atoms with van der Waals surface area (Å²) in [4.78, 5) is 14.2. The lowest BCUT2D eigenvalue weighted by Gasteiger charge is -2.38. The average Bonchev–Trinajstić information content (AvgIpc) is 2.40. The molecule has 0 bridgehead atoms. The van der Waals surface area contributed by atoms with Gasteiger partial charge in [-0.15, -0.1) is 0 Å². The van der Waals surface area contributed by atoms with E-state index >= 15 is 0 Å². The van der Waals surface area contributed by atoms with Gasteiger partial charge in [0.15, 0.2) is 0 Å². The largest absolute Gasteiger partial charge is 0.355 e. The molecule has 4 heteroatoms. The van der Waals surface area contributed by atoms with Gasteiger partial charge in [-0.2, -0.15) is 0 Å². The molecule has 4 nitrogen and oxygen atoms in total. The number of carbonyl (C=O) groups is 1. The van der Waals surface area contributed by atoms with E-state index in [1.54, 1.807) is 0 Å². The average molecular weight is 314 g/mol. The van der Waals surface area contributed by atoms with Gasteiger partial charge in [0.2, 0.25) is 5.91 Å². The molecule has 0 spiro atoms. The Balaban J connectivity index is 4.38. The second-order valence-electron chi connectivity index (χ2n) is 8.48. The molecule has 0 aliphatic carbocycles. The first-order chi connectivity index (χ1) is 9.90. The highest BCUT2D eigenvalue weighted by Gasteiger charge is 2.27. The lowest BCUT2D eigenvalue weighted by Crippen LogP contribution is -2.46. The minimum atomic E-state index is -0.407. The third-order valence-corrected chi connectivity index (χ3v) is 4.71. The SMILES string of the molecule is CCNC(=O)C(N)C(C)CCC(C)(C)N(C)CCC(C)(C)C. The van der Waals surface area contributed by atoms with Gasteiger partial charge < -0.3 is 16.0 Å². The summed E-state index contributed by atoms with van der Waals surface area (Å²) in [5.41, 5.74) is 6.53. The summed E-state index contributed by atoms with van der Waals surface area (Å²) >= 11 is 0. The molecule has 22 heavy (non-hydrogen) atoms. The number of nitrogens with one attached hydrogen (secondary N) is 1. The van der Waals surface area contributed by atoms with E-state index in [1.165, 1.54) is 6.42 Å². The topological polar surface area (TPSA) is 58.4 Å². The fourth-order valence-electron chi connectivity index (χ4n) is 2.31. The van der Waals surface area contributed by atoms with Crippen LogP contribution in [-0.4, -0.2) is 42.5 Å². The lowest BCUT2D eigenvalue weighted by atomic mass is 9.87. The maximum absolute atomic E-state index is 11.8. The Bertz CT molecular complexity index is 334. The number of nitrogens with zero attached hydrogens (tertiary/aromatic N) is 1. The minimum absolute atomic E-state index is 0.0334. The van der Waals surface area contributed by atoms with Crippen molar-refractivity contribution in [1.29, 1.82) is 0 Å². The van der Waals surface area contributed by atoms with E-state index in [0.29, 0.717) is 12.0 Å². The molecule has 0 aliphatic rings. The lowest BCUT2D eigenvalue weighted by molar-refractivity contribution is -0.123. The van der Waals surface area contributed by atoms with E-state index < -0.39 is 6.04 Å². The predicted molar refractivity (Wildman–Crippen MR) is 95.8 cm³/mol. The smallest absolute Gasteiger partial charge is 0.237 e. The van der Waals surface area contributed by atoms with E-state index in [-0.39, 0.29) is 17.4 Å². The molecule has 1 amide bonds. The molecule has 2 atom stereocenters. The van der Waals surface area contributed by atoms with E-state index in [9.17, 15) is 4.79 Å². The van der Waals surface area contributed by atoms with Crippen LogP contribution in [0.5, 0.6) is 0 Å². The number of carbonyl (C=O) groups excluding carboxylic acids is 1. The second kappa shape index (κ2) is 8.88. The zero-order chi connectivity index (χ0) is 17.6.